The van der Waals surface area contributed by atoms with Crippen LogP contribution in [0.2, 0.25) is 0 Å². The largest absolute Gasteiger partial charge is 0.346 e. The lowest BCUT2D eigenvalue weighted by Gasteiger charge is -2.13. The van der Waals surface area contributed by atoms with Crippen molar-refractivity contribution in [1.82, 2.24) is 15.1 Å². The molecule has 0 saturated carbocycles. The molecular formula is C17H19N3O. The van der Waals surface area contributed by atoms with Crippen molar-refractivity contribution in [2.24, 2.45) is 0 Å². The van der Waals surface area contributed by atoms with Crippen LogP contribution in [0.3, 0.4) is 0 Å². The Morgan fingerprint density at radius 2 is 2.19 bits per heavy atom. The number of carbonyl (C=O) groups is 1. The zero-order valence-electron chi connectivity index (χ0n) is 12.2. The fourth-order valence-corrected chi connectivity index (χ4v) is 2.81. The van der Waals surface area contributed by atoms with Crippen LogP contribution in [-0.2, 0) is 17.8 Å². The number of nitrogens with one attached hydrogen (secondary N) is 1. The van der Waals surface area contributed by atoms with E-state index in [9.17, 15) is 4.79 Å². The fraction of sp³-hybridized carbons (Fsp3) is 0.294. The lowest BCUT2D eigenvalue weighted by atomic mass is 10.0. The SMILES string of the molecule is C=CC(=O)N[C@H](C)c1ccc(-c2cnn3c2CCC3)cc1. The number of carbonyl (C=O) groups excluding carboxylic acids is 1. The van der Waals surface area contributed by atoms with Crippen LogP contribution in [0.1, 0.15) is 30.6 Å². The van der Waals surface area contributed by atoms with Gasteiger partial charge in [0.25, 0.3) is 0 Å². The molecule has 1 aromatic carbocycles. The highest BCUT2D eigenvalue weighted by Crippen LogP contribution is 2.29. The minimum absolute atomic E-state index is 0.0255. The van der Waals surface area contributed by atoms with Crippen molar-refractivity contribution in [3.8, 4) is 11.1 Å². The van der Waals surface area contributed by atoms with Crippen LogP contribution in [-0.4, -0.2) is 15.7 Å². The first-order valence-electron chi connectivity index (χ1n) is 7.27. The third-order valence-electron chi connectivity index (χ3n) is 4.00. The zero-order chi connectivity index (χ0) is 14.8. The average molecular weight is 281 g/mol. The molecule has 2 heterocycles. The Morgan fingerprint density at radius 1 is 1.43 bits per heavy atom. The van der Waals surface area contributed by atoms with Crippen molar-refractivity contribution in [3.05, 3.63) is 54.4 Å². The Morgan fingerprint density at radius 3 is 2.90 bits per heavy atom. The highest BCUT2D eigenvalue weighted by atomic mass is 16.1. The van der Waals surface area contributed by atoms with E-state index in [4.69, 9.17) is 0 Å². The van der Waals surface area contributed by atoms with Gasteiger partial charge in [-0.15, -0.1) is 0 Å². The molecule has 2 aromatic rings. The van der Waals surface area contributed by atoms with Crippen LogP contribution >= 0.6 is 0 Å². The minimum atomic E-state index is -0.152. The number of rotatable bonds is 4. The topological polar surface area (TPSA) is 46.9 Å². The fourth-order valence-electron chi connectivity index (χ4n) is 2.81. The van der Waals surface area contributed by atoms with Gasteiger partial charge in [-0.1, -0.05) is 30.8 Å². The average Bonchev–Trinajstić information content (AvgIpc) is 3.10. The molecule has 1 atom stereocenters. The number of aryl methyl sites for hydroxylation is 1. The number of hydrogen-bond donors (Lipinski definition) is 1. The van der Waals surface area contributed by atoms with Gasteiger partial charge >= 0.3 is 0 Å². The second-order valence-electron chi connectivity index (χ2n) is 5.39. The van der Waals surface area contributed by atoms with Gasteiger partial charge in [0, 0.05) is 17.8 Å². The molecule has 1 aromatic heterocycles. The molecule has 0 spiro atoms. The Bertz CT molecular complexity index is 670. The molecule has 0 aliphatic carbocycles. The van der Waals surface area contributed by atoms with Crippen molar-refractivity contribution in [3.63, 3.8) is 0 Å². The van der Waals surface area contributed by atoms with Crippen molar-refractivity contribution >= 4 is 5.91 Å². The number of aromatic nitrogens is 2. The summed E-state index contributed by atoms with van der Waals surface area (Å²) in [5.74, 6) is -0.152. The number of amides is 1. The zero-order valence-corrected chi connectivity index (χ0v) is 12.2. The molecule has 3 rings (SSSR count). The molecule has 4 heteroatoms. The Kier molecular flexibility index (Phi) is 3.60. The molecule has 21 heavy (non-hydrogen) atoms. The van der Waals surface area contributed by atoms with Gasteiger partial charge in [-0.2, -0.15) is 5.10 Å². The predicted molar refractivity (Wildman–Crippen MR) is 82.7 cm³/mol. The van der Waals surface area contributed by atoms with Gasteiger partial charge in [0.1, 0.15) is 0 Å². The second-order valence-corrected chi connectivity index (χ2v) is 5.39. The van der Waals surface area contributed by atoms with E-state index in [-0.39, 0.29) is 11.9 Å². The van der Waals surface area contributed by atoms with E-state index >= 15 is 0 Å². The quantitative estimate of drug-likeness (QED) is 0.876. The molecule has 4 nitrogen and oxygen atoms in total. The van der Waals surface area contributed by atoms with Crippen LogP contribution in [0.5, 0.6) is 0 Å². The van der Waals surface area contributed by atoms with E-state index in [0.29, 0.717) is 0 Å². The molecule has 1 N–H and O–H groups in total. The summed E-state index contributed by atoms with van der Waals surface area (Å²) in [6, 6.07) is 8.29. The molecule has 108 valence electrons. The second kappa shape index (κ2) is 5.56. The van der Waals surface area contributed by atoms with Crippen LogP contribution in [0.15, 0.2) is 43.1 Å². The summed E-state index contributed by atoms with van der Waals surface area (Å²) in [7, 11) is 0. The molecule has 1 aliphatic heterocycles. The van der Waals surface area contributed by atoms with Gasteiger partial charge in [-0.3, -0.25) is 9.48 Å². The van der Waals surface area contributed by atoms with Gasteiger partial charge in [0.05, 0.1) is 12.2 Å². The summed E-state index contributed by atoms with van der Waals surface area (Å²) in [5.41, 5.74) is 4.82. The van der Waals surface area contributed by atoms with Gasteiger partial charge < -0.3 is 5.32 Å². The maximum absolute atomic E-state index is 11.3. The Hall–Kier alpha value is -2.36. The van der Waals surface area contributed by atoms with E-state index in [1.54, 1.807) is 0 Å². The number of hydrogen-bond acceptors (Lipinski definition) is 2. The van der Waals surface area contributed by atoms with Crippen molar-refractivity contribution in [1.29, 1.82) is 0 Å². The maximum atomic E-state index is 11.3. The van der Waals surface area contributed by atoms with Gasteiger partial charge in [0.15, 0.2) is 0 Å². The lowest BCUT2D eigenvalue weighted by Crippen LogP contribution is -2.24. The van der Waals surface area contributed by atoms with Gasteiger partial charge in [-0.25, -0.2) is 0 Å². The van der Waals surface area contributed by atoms with Crippen LogP contribution in [0.25, 0.3) is 11.1 Å². The van der Waals surface area contributed by atoms with E-state index in [1.807, 2.05) is 13.1 Å². The first-order valence-corrected chi connectivity index (χ1v) is 7.27. The highest BCUT2D eigenvalue weighted by molar-refractivity contribution is 5.87. The van der Waals surface area contributed by atoms with Gasteiger partial charge in [-0.05, 0) is 37.0 Å². The molecule has 0 radical (unpaired) electrons. The number of nitrogens with zero attached hydrogens (tertiary/aromatic N) is 2. The molecule has 0 unspecified atom stereocenters. The predicted octanol–water partition coefficient (Wildman–Crippen LogP) is 2.86. The summed E-state index contributed by atoms with van der Waals surface area (Å²) < 4.78 is 2.09. The van der Waals surface area contributed by atoms with E-state index in [1.165, 1.54) is 29.3 Å². The molecule has 1 amide bonds. The summed E-state index contributed by atoms with van der Waals surface area (Å²) in [4.78, 5) is 11.3. The third kappa shape index (κ3) is 2.61. The minimum Gasteiger partial charge on any atom is -0.346 e. The first kappa shape index (κ1) is 13.6. The molecular weight excluding hydrogens is 262 g/mol. The van der Waals surface area contributed by atoms with Crippen LogP contribution < -0.4 is 5.32 Å². The van der Waals surface area contributed by atoms with Crippen LogP contribution in [0.4, 0.5) is 0 Å². The van der Waals surface area contributed by atoms with Crippen molar-refractivity contribution in [2.45, 2.75) is 32.4 Å². The highest BCUT2D eigenvalue weighted by Gasteiger charge is 2.17. The molecule has 0 bridgehead atoms. The number of fused-ring (bicyclic) bond motifs is 1. The lowest BCUT2D eigenvalue weighted by molar-refractivity contribution is -0.117. The smallest absolute Gasteiger partial charge is 0.243 e. The van der Waals surface area contributed by atoms with Gasteiger partial charge in [0.2, 0.25) is 5.91 Å². The Labute approximate surface area is 124 Å². The first-order chi connectivity index (χ1) is 10.2. The maximum Gasteiger partial charge on any atom is 0.243 e. The van der Waals surface area contributed by atoms with Crippen LogP contribution in [0, 0.1) is 0 Å². The van der Waals surface area contributed by atoms with E-state index < -0.39 is 0 Å². The van der Waals surface area contributed by atoms with E-state index in [0.717, 1.165) is 18.5 Å². The Balaban J connectivity index is 1.80. The molecule has 0 fully saturated rings. The normalized spacial score (nSPS) is 14.5. The summed E-state index contributed by atoms with van der Waals surface area (Å²) in [6.45, 7) is 6.46. The number of benzene rings is 1. The molecule has 1 aliphatic rings. The van der Waals surface area contributed by atoms with Crippen molar-refractivity contribution < 1.29 is 4.79 Å². The molecule has 0 saturated heterocycles. The summed E-state index contributed by atoms with van der Waals surface area (Å²) >= 11 is 0. The summed E-state index contributed by atoms with van der Waals surface area (Å²) in [6.07, 6.45) is 5.52. The standard InChI is InChI=1S/C17H19N3O/c1-3-17(21)19-12(2)13-6-8-14(9-7-13)15-11-18-20-10-4-5-16(15)20/h3,6-9,11-12H,1,4-5,10H2,2H3,(H,19,21)/t12-/m1/s1. The van der Waals surface area contributed by atoms with E-state index in [2.05, 4.69) is 45.9 Å². The third-order valence-corrected chi connectivity index (χ3v) is 4.00. The monoisotopic (exact) mass is 281 g/mol. The summed E-state index contributed by atoms with van der Waals surface area (Å²) in [5, 5.41) is 7.30. The van der Waals surface area contributed by atoms with Crippen molar-refractivity contribution in [2.75, 3.05) is 0 Å².